The fourth-order valence-electron chi connectivity index (χ4n) is 2.10. The minimum atomic E-state index is -3.31. The maximum atomic E-state index is 12.3. The highest BCUT2D eigenvalue weighted by molar-refractivity contribution is 9.10. The molecule has 2 aromatic rings. The van der Waals surface area contributed by atoms with Crippen LogP contribution in [0.5, 0.6) is 0 Å². The number of hydrogen-bond donors (Lipinski definition) is 1. The first-order chi connectivity index (χ1) is 11.2. The van der Waals surface area contributed by atoms with Gasteiger partial charge in [0.1, 0.15) is 0 Å². The molecule has 0 aromatic heterocycles. The number of halogens is 1. The molecule has 24 heavy (non-hydrogen) atoms. The molecule has 0 aliphatic rings. The molecule has 0 fully saturated rings. The summed E-state index contributed by atoms with van der Waals surface area (Å²) in [5.74, 6) is -0.224. The van der Waals surface area contributed by atoms with Crippen molar-refractivity contribution in [1.29, 1.82) is 0 Å². The SMILES string of the molecule is CCS(=O)(=O)N(C)c1ccc(C(=O)Nc2ccc(Br)c(C)c2)cc1. The van der Waals surface area contributed by atoms with E-state index >= 15 is 0 Å². The van der Waals surface area contributed by atoms with E-state index in [1.54, 1.807) is 31.2 Å². The van der Waals surface area contributed by atoms with Gasteiger partial charge in [0.2, 0.25) is 10.0 Å². The van der Waals surface area contributed by atoms with Gasteiger partial charge in [0.15, 0.2) is 0 Å². The van der Waals surface area contributed by atoms with E-state index in [1.807, 2.05) is 25.1 Å². The number of aryl methyl sites for hydroxylation is 1. The minimum absolute atomic E-state index is 0.0225. The third-order valence-electron chi connectivity index (χ3n) is 3.69. The lowest BCUT2D eigenvalue weighted by Crippen LogP contribution is -2.28. The summed E-state index contributed by atoms with van der Waals surface area (Å²) in [6.45, 7) is 3.53. The van der Waals surface area contributed by atoms with Crippen molar-refractivity contribution >= 4 is 43.2 Å². The molecule has 0 aliphatic heterocycles. The van der Waals surface area contributed by atoms with E-state index in [1.165, 1.54) is 11.4 Å². The van der Waals surface area contributed by atoms with Crippen molar-refractivity contribution in [2.75, 3.05) is 22.4 Å². The number of anilines is 2. The van der Waals surface area contributed by atoms with Crippen molar-refractivity contribution in [1.82, 2.24) is 0 Å². The number of hydrogen-bond acceptors (Lipinski definition) is 3. The largest absolute Gasteiger partial charge is 0.322 e. The van der Waals surface area contributed by atoms with Crippen LogP contribution in [0.15, 0.2) is 46.9 Å². The van der Waals surface area contributed by atoms with Crippen molar-refractivity contribution in [3.63, 3.8) is 0 Å². The first-order valence-electron chi connectivity index (χ1n) is 7.39. The molecule has 0 heterocycles. The van der Waals surface area contributed by atoms with Gasteiger partial charge in [-0.25, -0.2) is 8.42 Å². The van der Waals surface area contributed by atoms with Crippen LogP contribution < -0.4 is 9.62 Å². The zero-order valence-corrected chi connectivity index (χ0v) is 16.1. The fourth-order valence-corrected chi connectivity index (χ4v) is 3.18. The number of nitrogens with zero attached hydrogens (tertiary/aromatic N) is 1. The highest BCUT2D eigenvalue weighted by Crippen LogP contribution is 2.21. The first-order valence-corrected chi connectivity index (χ1v) is 9.79. The lowest BCUT2D eigenvalue weighted by Gasteiger charge is -2.18. The summed E-state index contributed by atoms with van der Waals surface area (Å²) in [6.07, 6.45) is 0. The second kappa shape index (κ2) is 7.36. The highest BCUT2D eigenvalue weighted by Gasteiger charge is 2.16. The van der Waals surface area contributed by atoms with Crippen molar-refractivity contribution in [3.8, 4) is 0 Å². The Morgan fingerprint density at radius 2 is 1.79 bits per heavy atom. The number of benzene rings is 2. The van der Waals surface area contributed by atoms with Gasteiger partial charge in [0, 0.05) is 22.8 Å². The van der Waals surface area contributed by atoms with Gasteiger partial charge in [0.25, 0.3) is 5.91 Å². The Morgan fingerprint density at radius 3 is 2.33 bits per heavy atom. The molecule has 0 atom stereocenters. The van der Waals surface area contributed by atoms with Crippen LogP contribution in [0.25, 0.3) is 0 Å². The average Bonchev–Trinajstić information content (AvgIpc) is 2.57. The van der Waals surface area contributed by atoms with Gasteiger partial charge in [-0.2, -0.15) is 0 Å². The number of carbonyl (C=O) groups excluding carboxylic acids is 1. The maximum Gasteiger partial charge on any atom is 0.255 e. The Bertz CT molecular complexity index is 849. The van der Waals surface area contributed by atoms with Crippen LogP contribution in [0.4, 0.5) is 11.4 Å². The zero-order chi connectivity index (χ0) is 17.9. The molecule has 2 rings (SSSR count). The number of carbonyl (C=O) groups is 1. The molecule has 128 valence electrons. The van der Waals surface area contributed by atoms with Gasteiger partial charge >= 0.3 is 0 Å². The monoisotopic (exact) mass is 410 g/mol. The Balaban J connectivity index is 2.15. The van der Waals surface area contributed by atoms with Crippen molar-refractivity contribution in [2.45, 2.75) is 13.8 Å². The smallest absolute Gasteiger partial charge is 0.255 e. The molecule has 2 aromatic carbocycles. The van der Waals surface area contributed by atoms with Crippen molar-refractivity contribution < 1.29 is 13.2 Å². The topological polar surface area (TPSA) is 66.5 Å². The van der Waals surface area contributed by atoms with Gasteiger partial charge in [-0.15, -0.1) is 0 Å². The summed E-state index contributed by atoms with van der Waals surface area (Å²) < 4.78 is 25.9. The van der Waals surface area contributed by atoms with Gasteiger partial charge in [-0.3, -0.25) is 9.10 Å². The Morgan fingerprint density at radius 1 is 1.17 bits per heavy atom. The molecule has 1 N–H and O–H groups in total. The Hall–Kier alpha value is -1.86. The van der Waals surface area contributed by atoms with Crippen LogP contribution >= 0.6 is 15.9 Å². The average molecular weight is 411 g/mol. The first kappa shape index (κ1) is 18.5. The van der Waals surface area contributed by atoms with Gasteiger partial charge in [-0.05, 0) is 61.9 Å². The lowest BCUT2D eigenvalue weighted by molar-refractivity contribution is 0.102. The fraction of sp³-hybridized carbons (Fsp3) is 0.235. The normalized spacial score (nSPS) is 11.2. The van der Waals surface area contributed by atoms with Crippen LogP contribution in [0.2, 0.25) is 0 Å². The zero-order valence-electron chi connectivity index (χ0n) is 13.7. The third-order valence-corrected chi connectivity index (χ3v) is 6.36. The molecular formula is C17H19BrN2O3S. The molecule has 0 spiro atoms. The molecule has 7 heteroatoms. The van der Waals surface area contributed by atoms with Crippen LogP contribution in [-0.4, -0.2) is 27.1 Å². The van der Waals surface area contributed by atoms with E-state index < -0.39 is 10.0 Å². The van der Waals surface area contributed by atoms with Gasteiger partial charge in [-0.1, -0.05) is 15.9 Å². The molecular weight excluding hydrogens is 392 g/mol. The second-order valence-electron chi connectivity index (χ2n) is 5.33. The second-order valence-corrected chi connectivity index (χ2v) is 8.48. The highest BCUT2D eigenvalue weighted by atomic mass is 79.9. The third kappa shape index (κ3) is 4.15. The number of nitrogens with one attached hydrogen (secondary N) is 1. The molecule has 0 bridgehead atoms. The molecule has 0 radical (unpaired) electrons. The molecule has 1 amide bonds. The molecule has 5 nitrogen and oxygen atoms in total. The standard InChI is InChI=1S/C17H19BrN2O3S/c1-4-24(22,23)20(3)15-8-5-13(6-9-15)17(21)19-14-7-10-16(18)12(2)11-14/h5-11H,4H2,1-3H3,(H,19,21). The van der Waals surface area contributed by atoms with Crippen LogP contribution in [0.1, 0.15) is 22.8 Å². The predicted molar refractivity (Wildman–Crippen MR) is 101 cm³/mol. The van der Waals surface area contributed by atoms with E-state index in [2.05, 4.69) is 21.2 Å². The summed E-state index contributed by atoms with van der Waals surface area (Å²) in [4.78, 5) is 12.3. The summed E-state index contributed by atoms with van der Waals surface area (Å²) >= 11 is 3.42. The van der Waals surface area contributed by atoms with E-state index in [-0.39, 0.29) is 11.7 Å². The molecule has 0 unspecified atom stereocenters. The lowest BCUT2D eigenvalue weighted by atomic mass is 10.1. The minimum Gasteiger partial charge on any atom is -0.322 e. The summed E-state index contributed by atoms with van der Waals surface area (Å²) in [5.41, 5.74) is 2.71. The molecule has 0 aliphatic carbocycles. The van der Waals surface area contributed by atoms with Crippen LogP contribution in [-0.2, 0) is 10.0 Å². The summed E-state index contributed by atoms with van der Waals surface area (Å²) in [7, 11) is -1.81. The van der Waals surface area contributed by atoms with Crippen LogP contribution in [0, 0.1) is 6.92 Å². The summed E-state index contributed by atoms with van der Waals surface area (Å²) in [5, 5.41) is 2.82. The van der Waals surface area contributed by atoms with Crippen molar-refractivity contribution in [2.24, 2.45) is 0 Å². The van der Waals surface area contributed by atoms with Gasteiger partial charge < -0.3 is 5.32 Å². The molecule has 0 saturated carbocycles. The van der Waals surface area contributed by atoms with E-state index in [0.717, 1.165) is 10.0 Å². The van der Waals surface area contributed by atoms with Crippen molar-refractivity contribution in [3.05, 3.63) is 58.1 Å². The van der Waals surface area contributed by atoms with E-state index in [4.69, 9.17) is 0 Å². The maximum absolute atomic E-state index is 12.3. The number of rotatable bonds is 5. The van der Waals surface area contributed by atoms with E-state index in [9.17, 15) is 13.2 Å². The van der Waals surface area contributed by atoms with E-state index in [0.29, 0.717) is 16.9 Å². The Labute approximate surface area is 150 Å². The molecule has 0 saturated heterocycles. The van der Waals surface area contributed by atoms with Gasteiger partial charge in [0.05, 0.1) is 11.4 Å². The quantitative estimate of drug-likeness (QED) is 0.814. The Kier molecular flexibility index (Phi) is 5.66. The predicted octanol–water partition coefficient (Wildman–Crippen LogP) is 3.80. The van der Waals surface area contributed by atoms with Crippen LogP contribution in [0.3, 0.4) is 0 Å². The summed E-state index contributed by atoms with van der Waals surface area (Å²) in [6, 6.07) is 12.0. The number of sulfonamides is 1. The number of amides is 1.